The van der Waals surface area contributed by atoms with Crippen molar-refractivity contribution in [2.24, 2.45) is 0 Å². The summed E-state index contributed by atoms with van der Waals surface area (Å²) in [7, 11) is 0. The van der Waals surface area contributed by atoms with Gasteiger partial charge in [-0.15, -0.1) is 0 Å². The third-order valence-corrected chi connectivity index (χ3v) is 12.3. The number of ether oxygens (including phenoxy) is 3. The Morgan fingerprint density at radius 2 is 0.513 bits per heavy atom. The molecule has 76 heavy (non-hydrogen) atoms. The van der Waals surface area contributed by atoms with Gasteiger partial charge < -0.3 is 14.2 Å². The van der Waals surface area contributed by atoms with Crippen molar-refractivity contribution in [3.63, 3.8) is 0 Å². The van der Waals surface area contributed by atoms with Crippen molar-refractivity contribution in [1.82, 2.24) is 0 Å². The maximum absolute atomic E-state index is 12.8. The van der Waals surface area contributed by atoms with Gasteiger partial charge in [0.1, 0.15) is 13.2 Å². The van der Waals surface area contributed by atoms with Gasteiger partial charge in [0.05, 0.1) is 0 Å². The van der Waals surface area contributed by atoms with E-state index in [0.717, 1.165) is 161 Å². The molecule has 0 N–H and O–H groups in total. The van der Waals surface area contributed by atoms with E-state index in [1.165, 1.54) is 44.9 Å². The molecule has 6 nitrogen and oxygen atoms in total. The standard InChI is InChI=1S/C70H110O6/c1-4-7-10-13-16-19-22-24-26-28-29-30-31-32-33-34-35-36-37-38-39-40-41-43-44-46-48-51-54-57-60-63-69(72)75-66-67(65-74-68(71)62-59-56-53-50-21-18-15-12-9-6-3)76-70(73)64-61-58-55-52-49-47-45-42-27-25-23-20-17-14-11-8-5-2/h7-8,10-11,16-17,19-20,24-27,29-30,32-33,35-36,38-39,41,43,45-48,67H,4-6,9,12-15,18,21-23,28,31,34,37,40,42,44,49-66H2,1-3H3/b10-7-,11-8-,19-16-,20-17-,26-24-,27-25-,30-29-,33-32-,36-35-,39-38-,43-41-,47-45-,48-46-. The molecule has 0 aliphatic rings. The smallest absolute Gasteiger partial charge is 0.306 e. The molecule has 0 bridgehead atoms. The number of hydrogen-bond acceptors (Lipinski definition) is 6. The summed E-state index contributed by atoms with van der Waals surface area (Å²) in [5.41, 5.74) is 0. The van der Waals surface area contributed by atoms with Gasteiger partial charge in [0.15, 0.2) is 6.10 Å². The minimum Gasteiger partial charge on any atom is -0.462 e. The van der Waals surface area contributed by atoms with Crippen molar-refractivity contribution in [3.05, 3.63) is 158 Å². The van der Waals surface area contributed by atoms with Crippen molar-refractivity contribution in [2.45, 2.75) is 252 Å². The van der Waals surface area contributed by atoms with Crippen molar-refractivity contribution in [3.8, 4) is 0 Å². The highest BCUT2D eigenvalue weighted by Crippen LogP contribution is 2.14. The molecular formula is C70H110O6. The van der Waals surface area contributed by atoms with Crippen LogP contribution in [0.4, 0.5) is 0 Å². The van der Waals surface area contributed by atoms with E-state index in [9.17, 15) is 14.4 Å². The highest BCUT2D eigenvalue weighted by atomic mass is 16.6. The fraction of sp³-hybridized carbons (Fsp3) is 0.586. The SMILES string of the molecule is CC/C=C\C/C=C\C/C=C\C/C=C\C/C=C\C/C=C\C/C=C\C/C=C\C/C=C\CCCCCC(=O)OCC(COC(=O)CCCCCCCCCCCC)OC(=O)CCCCCC/C=C\C/C=C\C/C=C\C/C=C\CC. The van der Waals surface area contributed by atoms with Crippen LogP contribution < -0.4 is 0 Å². The average Bonchev–Trinajstić information content (AvgIpc) is 3.42. The first kappa shape index (κ1) is 71.0. The van der Waals surface area contributed by atoms with E-state index in [4.69, 9.17) is 14.2 Å². The predicted octanol–water partition coefficient (Wildman–Crippen LogP) is 20.9. The Kier molecular flexibility index (Phi) is 58.5. The van der Waals surface area contributed by atoms with Crippen LogP contribution in [0.25, 0.3) is 0 Å². The van der Waals surface area contributed by atoms with Crippen LogP contribution in [0.3, 0.4) is 0 Å². The monoisotopic (exact) mass is 1050 g/mol. The van der Waals surface area contributed by atoms with Crippen LogP contribution in [0.5, 0.6) is 0 Å². The molecule has 6 heteroatoms. The molecule has 1 atom stereocenters. The molecule has 0 aliphatic carbocycles. The zero-order valence-corrected chi connectivity index (χ0v) is 48.7. The number of carbonyl (C=O) groups excluding carboxylic acids is 3. The largest absolute Gasteiger partial charge is 0.462 e. The average molecular weight is 1050 g/mol. The number of hydrogen-bond donors (Lipinski definition) is 0. The second-order valence-electron chi connectivity index (χ2n) is 19.5. The van der Waals surface area contributed by atoms with Gasteiger partial charge in [-0.1, -0.05) is 256 Å². The summed E-state index contributed by atoms with van der Waals surface area (Å²) in [6, 6.07) is 0. The fourth-order valence-corrected chi connectivity index (χ4v) is 7.78. The third kappa shape index (κ3) is 59.9. The number of rotatable bonds is 53. The lowest BCUT2D eigenvalue weighted by molar-refractivity contribution is -0.167. The van der Waals surface area contributed by atoms with E-state index in [1.54, 1.807) is 0 Å². The van der Waals surface area contributed by atoms with Crippen LogP contribution in [-0.4, -0.2) is 37.2 Å². The Morgan fingerprint density at radius 1 is 0.276 bits per heavy atom. The highest BCUT2D eigenvalue weighted by molar-refractivity contribution is 5.71. The molecule has 0 amide bonds. The molecule has 0 spiro atoms. The quantitative estimate of drug-likeness (QED) is 0.0261. The summed E-state index contributed by atoms with van der Waals surface area (Å²) in [5, 5.41) is 0. The van der Waals surface area contributed by atoms with E-state index >= 15 is 0 Å². The highest BCUT2D eigenvalue weighted by Gasteiger charge is 2.19. The lowest BCUT2D eigenvalue weighted by atomic mass is 10.1. The van der Waals surface area contributed by atoms with Crippen LogP contribution >= 0.6 is 0 Å². The first-order chi connectivity index (χ1) is 37.5. The number of carbonyl (C=O) groups is 3. The lowest BCUT2D eigenvalue weighted by Crippen LogP contribution is -2.30. The topological polar surface area (TPSA) is 78.9 Å². The molecule has 426 valence electrons. The zero-order chi connectivity index (χ0) is 55.0. The second kappa shape index (κ2) is 62.6. The van der Waals surface area contributed by atoms with Crippen LogP contribution in [0.15, 0.2) is 158 Å². The Hall–Kier alpha value is -4.97. The molecule has 0 rings (SSSR count). The maximum atomic E-state index is 12.8. The molecular weight excluding hydrogens is 937 g/mol. The van der Waals surface area contributed by atoms with Gasteiger partial charge in [-0.25, -0.2) is 0 Å². The van der Waals surface area contributed by atoms with E-state index in [0.29, 0.717) is 12.8 Å². The van der Waals surface area contributed by atoms with Crippen molar-refractivity contribution in [1.29, 1.82) is 0 Å². The molecule has 0 aromatic rings. The summed E-state index contributed by atoms with van der Waals surface area (Å²) < 4.78 is 16.8. The van der Waals surface area contributed by atoms with Gasteiger partial charge in [-0.3, -0.25) is 14.4 Å². The number of unbranched alkanes of at least 4 members (excludes halogenated alkanes) is 16. The molecule has 0 fully saturated rings. The van der Waals surface area contributed by atoms with Gasteiger partial charge in [0.2, 0.25) is 0 Å². The Balaban J connectivity index is 4.38. The second-order valence-corrected chi connectivity index (χ2v) is 19.5. The van der Waals surface area contributed by atoms with E-state index < -0.39 is 6.10 Å². The first-order valence-corrected chi connectivity index (χ1v) is 30.5. The first-order valence-electron chi connectivity index (χ1n) is 30.5. The summed E-state index contributed by atoms with van der Waals surface area (Å²) in [4.78, 5) is 38.1. The molecule has 0 radical (unpaired) electrons. The molecule has 0 aromatic heterocycles. The Bertz CT molecular complexity index is 1720. The lowest BCUT2D eigenvalue weighted by Gasteiger charge is -2.18. The maximum Gasteiger partial charge on any atom is 0.306 e. The van der Waals surface area contributed by atoms with Gasteiger partial charge in [-0.2, -0.15) is 0 Å². The summed E-state index contributed by atoms with van der Waals surface area (Å²) in [5.74, 6) is -0.970. The normalized spacial score (nSPS) is 13.2. The van der Waals surface area contributed by atoms with Gasteiger partial charge >= 0.3 is 17.9 Å². The molecule has 0 aromatic carbocycles. The Labute approximate surface area is 467 Å². The van der Waals surface area contributed by atoms with E-state index in [-0.39, 0.29) is 37.5 Å². The van der Waals surface area contributed by atoms with Crippen LogP contribution in [-0.2, 0) is 28.6 Å². The van der Waals surface area contributed by atoms with Crippen molar-refractivity contribution in [2.75, 3.05) is 13.2 Å². The van der Waals surface area contributed by atoms with Crippen molar-refractivity contribution < 1.29 is 28.6 Å². The van der Waals surface area contributed by atoms with E-state index in [2.05, 4.69) is 179 Å². The minimum atomic E-state index is -0.810. The summed E-state index contributed by atoms with van der Waals surface area (Å²) in [6.07, 6.45) is 91.0. The molecule has 1 unspecified atom stereocenters. The predicted molar refractivity (Wildman–Crippen MR) is 329 cm³/mol. The third-order valence-electron chi connectivity index (χ3n) is 12.3. The van der Waals surface area contributed by atoms with Gasteiger partial charge in [0.25, 0.3) is 0 Å². The number of allylic oxidation sites excluding steroid dienone is 26. The Morgan fingerprint density at radius 3 is 0.816 bits per heavy atom. The van der Waals surface area contributed by atoms with Crippen molar-refractivity contribution >= 4 is 17.9 Å². The van der Waals surface area contributed by atoms with Crippen LogP contribution in [0.2, 0.25) is 0 Å². The molecule has 0 aliphatic heterocycles. The minimum absolute atomic E-state index is 0.103. The number of esters is 3. The summed E-state index contributed by atoms with van der Waals surface area (Å²) in [6.45, 7) is 6.34. The fourth-order valence-electron chi connectivity index (χ4n) is 7.78. The van der Waals surface area contributed by atoms with Gasteiger partial charge in [0, 0.05) is 19.3 Å². The van der Waals surface area contributed by atoms with Gasteiger partial charge in [-0.05, 0) is 128 Å². The van der Waals surface area contributed by atoms with E-state index in [1.807, 2.05) is 0 Å². The van der Waals surface area contributed by atoms with Crippen LogP contribution in [0.1, 0.15) is 245 Å². The summed E-state index contributed by atoms with van der Waals surface area (Å²) >= 11 is 0. The molecule has 0 heterocycles. The van der Waals surface area contributed by atoms with Crippen LogP contribution in [0, 0.1) is 0 Å². The molecule has 0 saturated heterocycles. The zero-order valence-electron chi connectivity index (χ0n) is 48.7. The molecule has 0 saturated carbocycles.